The van der Waals surface area contributed by atoms with Gasteiger partial charge in [-0.05, 0) is 30.7 Å². The molecule has 0 aliphatic carbocycles. The Morgan fingerprint density at radius 3 is 2.85 bits per heavy atom. The van der Waals surface area contributed by atoms with Crippen LogP contribution in [0.2, 0.25) is 0 Å². The van der Waals surface area contributed by atoms with Crippen LogP contribution in [-0.4, -0.2) is 10.2 Å². The summed E-state index contributed by atoms with van der Waals surface area (Å²) in [6, 6.07) is 7.92. The van der Waals surface area contributed by atoms with Crippen molar-refractivity contribution in [2.75, 3.05) is 0 Å². The maximum Gasteiger partial charge on any atom is 0.176 e. The Morgan fingerprint density at radius 1 is 1.38 bits per heavy atom. The van der Waals surface area contributed by atoms with E-state index in [4.69, 9.17) is 0 Å². The largest absolute Gasteiger partial charge is 0.314 e. The highest BCUT2D eigenvalue weighted by Crippen LogP contribution is 2.15. The van der Waals surface area contributed by atoms with Gasteiger partial charge in [0.15, 0.2) is 5.78 Å². The molecule has 0 N–H and O–H groups in total. The highest BCUT2D eigenvalue weighted by molar-refractivity contribution is 5.95. The molecule has 0 bridgehead atoms. The maximum atomic E-state index is 11.3. The van der Waals surface area contributed by atoms with E-state index in [1.54, 1.807) is 6.92 Å². The Balaban J connectivity index is 2.86. The van der Waals surface area contributed by atoms with E-state index in [9.17, 15) is 4.79 Å². The summed E-state index contributed by atoms with van der Waals surface area (Å²) in [5.74, 6) is 0.115. The highest BCUT2D eigenvalue weighted by atomic mass is 16.1. The molecular formula is C11H11NO. The van der Waals surface area contributed by atoms with Crippen molar-refractivity contribution in [2.24, 2.45) is 0 Å². The second-order valence-corrected chi connectivity index (χ2v) is 3.23. The minimum atomic E-state index is 0.115. The molecule has 2 heterocycles. The summed E-state index contributed by atoms with van der Waals surface area (Å²) in [6.45, 7) is 3.56. The van der Waals surface area contributed by atoms with Crippen LogP contribution >= 0.6 is 0 Å². The van der Waals surface area contributed by atoms with Gasteiger partial charge in [0.2, 0.25) is 0 Å². The van der Waals surface area contributed by atoms with Gasteiger partial charge >= 0.3 is 0 Å². The van der Waals surface area contributed by atoms with E-state index in [-0.39, 0.29) is 5.78 Å². The van der Waals surface area contributed by atoms with Crippen LogP contribution in [0.1, 0.15) is 23.0 Å². The molecule has 2 aromatic heterocycles. The van der Waals surface area contributed by atoms with Crippen molar-refractivity contribution in [3.8, 4) is 0 Å². The zero-order valence-electron chi connectivity index (χ0n) is 7.74. The van der Waals surface area contributed by atoms with Crippen molar-refractivity contribution in [2.45, 2.75) is 13.8 Å². The molecule has 2 heteroatoms. The number of fused-ring (bicyclic) bond motifs is 1. The van der Waals surface area contributed by atoms with Gasteiger partial charge in [0.05, 0.1) is 5.69 Å². The molecule has 0 radical (unpaired) electrons. The summed E-state index contributed by atoms with van der Waals surface area (Å²) >= 11 is 0. The lowest BCUT2D eigenvalue weighted by atomic mass is 10.2. The van der Waals surface area contributed by atoms with E-state index in [1.165, 1.54) is 0 Å². The molecule has 0 amide bonds. The Morgan fingerprint density at radius 2 is 2.15 bits per heavy atom. The number of aryl methyl sites for hydroxylation is 1. The third-order valence-corrected chi connectivity index (χ3v) is 2.20. The highest BCUT2D eigenvalue weighted by Gasteiger charge is 2.09. The lowest BCUT2D eigenvalue weighted by molar-refractivity contribution is 0.101. The number of Topliss-reactive ketones (excluding diaryl/α,β-unsaturated/α-hetero) is 1. The number of pyridine rings is 1. The lowest BCUT2D eigenvalue weighted by Crippen LogP contribution is -1.99. The van der Waals surface area contributed by atoms with Crippen molar-refractivity contribution in [1.82, 2.24) is 4.40 Å². The molecule has 0 saturated carbocycles. The fraction of sp³-hybridized carbons (Fsp3) is 0.182. The summed E-state index contributed by atoms with van der Waals surface area (Å²) in [7, 11) is 0. The predicted octanol–water partition coefficient (Wildman–Crippen LogP) is 2.45. The number of nitrogens with zero attached hydrogens (tertiary/aromatic N) is 1. The standard InChI is InChI=1S/C11H11NO/c1-8-7-10-5-3-4-6-12(10)11(8)9(2)13/h3-7H,1-2H3. The Kier molecular flexibility index (Phi) is 1.69. The second-order valence-electron chi connectivity index (χ2n) is 3.23. The average molecular weight is 173 g/mol. The summed E-state index contributed by atoms with van der Waals surface area (Å²) in [5.41, 5.74) is 2.90. The molecule has 0 unspecified atom stereocenters. The van der Waals surface area contributed by atoms with Gasteiger partial charge in [-0.2, -0.15) is 0 Å². The first-order valence-corrected chi connectivity index (χ1v) is 4.28. The molecule has 2 aromatic rings. The summed E-state index contributed by atoms with van der Waals surface area (Å²) in [5, 5.41) is 0. The molecule has 13 heavy (non-hydrogen) atoms. The Hall–Kier alpha value is -1.57. The minimum Gasteiger partial charge on any atom is -0.314 e. The number of hydrogen-bond donors (Lipinski definition) is 0. The predicted molar refractivity (Wildman–Crippen MR) is 52.1 cm³/mol. The Bertz CT molecular complexity index is 468. The third kappa shape index (κ3) is 1.15. The number of aromatic nitrogens is 1. The SMILES string of the molecule is CC(=O)c1c(C)cc2ccccn12. The quantitative estimate of drug-likeness (QED) is 0.607. The van der Waals surface area contributed by atoms with Crippen LogP contribution in [0.15, 0.2) is 30.5 Å². The van der Waals surface area contributed by atoms with Crippen LogP contribution in [0.25, 0.3) is 5.52 Å². The minimum absolute atomic E-state index is 0.115. The molecule has 0 atom stereocenters. The molecule has 0 aliphatic heterocycles. The van der Waals surface area contributed by atoms with Gasteiger partial charge in [-0.15, -0.1) is 0 Å². The number of hydrogen-bond acceptors (Lipinski definition) is 1. The van der Waals surface area contributed by atoms with E-state index in [0.717, 1.165) is 16.8 Å². The molecule has 0 saturated heterocycles. The Labute approximate surface area is 76.8 Å². The normalized spacial score (nSPS) is 10.6. The zero-order chi connectivity index (χ0) is 9.42. The molecule has 0 spiro atoms. The van der Waals surface area contributed by atoms with Gasteiger partial charge in [-0.1, -0.05) is 6.07 Å². The van der Waals surface area contributed by atoms with Gasteiger partial charge in [-0.25, -0.2) is 0 Å². The van der Waals surface area contributed by atoms with Crippen molar-refractivity contribution >= 4 is 11.3 Å². The van der Waals surface area contributed by atoms with Gasteiger partial charge < -0.3 is 4.40 Å². The molecule has 0 aromatic carbocycles. The smallest absolute Gasteiger partial charge is 0.176 e. The monoisotopic (exact) mass is 173 g/mol. The van der Waals surface area contributed by atoms with Crippen LogP contribution in [0.4, 0.5) is 0 Å². The lowest BCUT2D eigenvalue weighted by Gasteiger charge is -1.98. The second kappa shape index (κ2) is 2.73. The van der Waals surface area contributed by atoms with E-state index in [1.807, 2.05) is 41.8 Å². The van der Waals surface area contributed by atoms with Crippen LogP contribution in [0, 0.1) is 6.92 Å². The molecule has 0 fully saturated rings. The maximum absolute atomic E-state index is 11.3. The summed E-state index contributed by atoms with van der Waals surface area (Å²) < 4.78 is 1.93. The average Bonchev–Trinajstić information content (AvgIpc) is 2.39. The first kappa shape index (κ1) is 8.05. The molecule has 2 rings (SSSR count). The van der Waals surface area contributed by atoms with E-state index in [0.29, 0.717) is 0 Å². The van der Waals surface area contributed by atoms with E-state index < -0.39 is 0 Å². The van der Waals surface area contributed by atoms with Crippen LogP contribution in [0.3, 0.4) is 0 Å². The fourth-order valence-corrected chi connectivity index (χ4v) is 1.71. The van der Waals surface area contributed by atoms with Crippen LogP contribution < -0.4 is 0 Å². The van der Waals surface area contributed by atoms with Crippen molar-refractivity contribution in [3.05, 3.63) is 41.7 Å². The summed E-state index contributed by atoms with van der Waals surface area (Å²) in [6.07, 6.45) is 1.92. The molecule has 2 nitrogen and oxygen atoms in total. The third-order valence-electron chi connectivity index (χ3n) is 2.20. The van der Waals surface area contributed by atoms with E-state index >= 15 is 0 Å². The topological polar surface area (TPSA) is 21.5 Å². The first-order valence-electron chi connectivity index (χ1n) is 4.28. The summed E-state index contributed by atoms with van der Waals surface area (Å²) in [4.78, 5) is 11.3. The van der Waals surface area contributed by atoms with Gasteiger partial charge in [0.25, 0.3) is 0 Å². The van der Waals surface area contributed by atoms with Crippen molar-refractivity contribution < 1.29 is 4.79 Å². The number of carbonyl (C=O) groups excluding carboxylic acids is 1. The van der Waals surface area contributed by atoms with Crippen molar-refractivity contribution in [1.29, 1.82) is 0 Å². The van der Waals surface area contributed by atoms with Gasteiger partial charge in [0, 0.05) is 18.6 Å². The molecular weight excluding hydrogens is 162 g/mol. The molecule has 66 valence electrons. The van der Waals surface area contributed by atoms with Crippen molar-refractivity contribution in [3.63, 3.8) is 0 Å². The fourth-order valence-electron chi connectivity index (χ4n) is 1.71. The first-order chi connectivity index (χ1) is 6.20. The molecule has 0 aliphatic rings. The van der Waals surface area contributed by atoms with Gasteiger partial charge in [-0.3, -0.25) is 4.79 Å². The van der Waals surface area contributed by atoms with Crippen LogP contribution in [0.5, 0.6) is 0 Å². The van der Waals surface area contributed by atoms with Crippen LogP contribution in [-0.2, 0) is 0 Å². The number of carbonyl (C=O) groups is 1. The van der Waals surface area contributed by atoms with E-state index in [2.05, 4.69) is 0 Å². The van der Waals surface area contributed by atoms with Gasteiger partial charge in [0.1, 0.15) is 0 Å². The zero-order valence-corrected chi connectivity index (χ0v) is 7.74. The number of rotatable bonds is 1. The number of ketones is 1.